The lowest BCUT2D eigenvalue weighted by Gasteiger charge is -2.35. The molecule has 0 radical (unpaired) electrons. The molecule has 216 valence electrons. The molecule has 4 aliphatic rings. The maximum Gasteiger partial charge on any atom is 0.313 e. The molecule has 0 aromatic carbocycles. The maximum atomic E-state index is 14.1. The smallest absolute Gasteiger partial charge is 0.313 e. The zero-order valence-electron chi connectivity index (χ0n) is 23.2. The number of carbonyl (C=O) groups excluding carboxylic acids is 4. The van der Waals surface area contributed by atoms with E-state index in [4.69, 9.17) is 9.47 Å². The summed E-state index contributed by atoms with van der Waals surface area (Å²) >= 11 is 0. The molecular formula is C29H43N3O7. The fourth-order valence-electron chi connectivity index (χ4n) is 6.27. The number of allylic oxidation sites excluding steroid dienone is 1. The first-order valence-electron chi connectivity index (χ1n) is 14.5. The number of aliphatic hydroxyl groups excluding tert-OH is 1. The van der Waals surface area contributed by atoms with Gasteiger partial charge in [-0.1, -0.05) is 44.1 Å². The van der Waals surface area contributed by atoms with Crippen LogP contribution >= 0.6 is 0 Å². The second kappa shape index (κ2) is 13.1. The van der Waals surface area contributed by atoms with Crippen LogP contribution in [0.25, 0.3) is 0 Å². The van der Waals surface area contributed by atoms with Crippen LogP contribution in [-0.2, 0) is 28.7 Å². The minimum atomic E-state index is -1.29. The molecular weight excluding hydrogens is 502 g/mol. The quantitative estimate of drug-likeness (QED) is 0.257. The Morgan fingerprint density at radius 3 is 2.62 bits per heavy atom. The predicted octanol–water partition coefficient (Wildman–Crippen LogP) is 1.72. The summed E-state index contributed by atoms with van der Waals surface area (Å²) in [5.74, 6) is -2.94. The summed E-state index contributed by atoms with van der Waals surface area (Å²) < 4.78 is 12.4. The SMILES string of the molecule is CCCCCN1CC=C[C@]23O[C@@H]4/C=C\CCC(=O)NC[C@@H](C)OC(=O)[C@@H]4[C@H]2C(=O)N(CCCCCO)[C@@H]3C1=O. The van der Waals surface area contributed by atoms with Crippen molar-refractivity contribution in [2.75, 3.05) is 32.8 Å². The van der Waals surface area contributed by atoms with Gasteiger partial charge in [0.2, 0.25) is 17.7 Å². The highest BCUT2D eigenvalue weighted by atomic mass is 16.6. The number of likely N-dealkylation sites (tertiary alicyclic amines) is 1. The maximum absolute atomic E-state index is 14.1. The number of aliphatic hydroxyl groups is 1. The van der Waals surface area contributed by atoms with Gasteiger partial charge in [-0.25, -0.2) is 0 Å². The van der Waals surface area contributed by atoms with Crippen molar-refractivity contribution >= 4 is 23.7 Å². The number of hydrogen-bond donors (Lipinski definition) is 2. The topological polar surface area (TPSA) is 125 Å². The molecule has 4 heterocycles. The molecule has 0 aromatic rings. The molecule has 1 spiro atoms. The number of rotatable bonds is 9. The second-order valence-electron chi connectivity index (χ2n) is 11.1. The first-order valence-corrected chi connectivity index (χ1v) is 14.5. The molecule has 39 heavy (non-hydrogen) atoms. The van der Waals surface area contributed by atoms with Gasteiger partial charge in [-0.15, -0.1) is 0 Å². The van der Waals surface area contributed by atoms with Gasteiger partial charge in [-0.05, 0) is 39.0 Å². The van der Waals surface area contributed by atoms with E-state index in [0.717, 1.165) is 25.7 Å². The number of fused-ring (bicyclic) bond motifs is 2. The number of carbonyl (C=O) groups is 4. The summed E-state index contributed by atoms with van der Waals surface area (Å²) in [6.07, 6.45) is 11.6. The van der Waals surface area contributed by atoms with Crippen molar-refractivity contribution in [3.63, 3.8) is 0 Å². The zero-order chi connectivity index (χ0) is 28.0. The lowest BCUT2D eigenvalue weighted by atomic mass is 9.78. The van der Waals surface area contributed by atoms with Gasteiger partial charge in [-0.3, -0.25) is 19.2 Å². The molecule has 0 aliphatic carbocycles. The highest BCUT2D eigenvalue weighted by Crippen LogP contribution is 2.53. The molecule has 4 rings (SSSR count). The van der Waals surface area contributed by atoms with E-state index < -0.39 is 41.7 Å². The summed E-state index contributed by atoms with van der Waals surface area (Å²) in [6, 6.07) is -0.880. The van der Waals surface area contributed by atoms with Gasteiger partial charge in [-0.2, -0.15) is 0 Å². The Morgan fingerprint density at radius 1 is 1.05 bits per heavy atom. The van der Waals surface area contributed by atoms with Gasteiger partial charge in [0, 0.05) is 32.7 Å². The zero-order valence-corrected chi connectivity index (χ0v) is 23.2. The van der Waals surface area contributed by atoms with Gasteiger partial charge in [0.15, 0.2) is 0 Å². The standard InChI is InChI=1S/C29H43N3O7/c1-3-4-8-15-31-16-11-14-29-24(26(35)32(25(29)27(31)36)17-9-5-10-18-33)23-21(39-29)12-6-7-13-22(34)30-19-20(2)38-28(23)37/h6,11-12,14,20-21,23-25,33H,3-5,7-10,13,15-19H2,1-2H3,(H,30,34)/b12-6-/t20-,21-,23+,24+,25-,29+/m1/s1. The minimum absolute atomic E-state index is 0.0699. The monoisotopic (exact) mass is 545 g/mol. The number of esters is 1. The summed E-state index contributed by atoms with van der Waals surface area (Å²) in [5, 5.41) is 12.0. The second-order valence-corrected chi connectivity index (χ2v) is 11.1. The van der Waals surface area contributed by atoms with E-state index in [9.17, 15) is 24.3 Å². The van der Waals surface area contributed by atoms with E-state index in [-0.39, 0.29) is 37.3 Å². The third-order valence-corrected chi connectivity index (χ3v) is 8.21. The van der Waals surface area contributed by atoms with Gasteiger partial charge in [0.1, 0.15) is 23.7 Å². The molecule has 10 heteroatoms. The molecule has 0 saturated carbocycles. The number of nitrogens with zero attached hydrogens (tertiary/aromatic N) is 2. The molecule has 2 N–H and O–H groups in total. The largest absolute Gasteiger partial charge is 0.460 e. The summed E-state index contributed by atoms with van der Waals surface area (Å²) in [6.45, 7) is 5.43. The first-order chi connectivity index (χ1) is 18.8. The third kappa shape index (κ3) is 6.06. The molecule has 4 aliphatic heterocycles. The fraction of sp³-hybridized carbons (Fsp3) is 0.724. The number of unbranched alkanes of at least 4 members (excludes halogenated alkanes) is 4. The van der Waals surface area contributed by atoms with Crippen LogP contribution in [0.4, 0.5) is 0 Å². The van der Waals surface area contributed by atoms with E-state index in [0.29, 0.717) is 38.9 Å². The Kier molecular flexibility index (Phi) is 9.82. The Balaban J connectivity index is 1.71. The van der Waals surface area contributed by atoms with Crippen molar-refractivity contribution in [2.45, 2.75) is 89.1 Å². The molecule has 6 atom stereocenters. The van der Waals surface area contributed by atoms with Crippen LogP contribution in [0.1, 0.15) is 65.2 Å². The average Bonchev–Trinajstić information content (AvgIpc) is 3.29. The molecule has 0 unspecified atom stereocenters. The lowest BCUT2D eigenvalue weighted by molar-refractivity contribution is -0.158. The number of hydrogen-bond acceptors (Lipinski definition) is 7. The van der Waals surface area contributed by atoms with Crippen LogP contribution in [0.3, 0.4) is 0 Å². The lowest BCUT2D eigenvalue weighted by Crippen LogP contribution is -2.55. The normalized spacial score (nSPS) is 33.9. The molecule has 2 saturated heterocycles. The van der Waals surface area contributed by atoms with Gasteiger partial charge >= 0.3 is 5.97 Å². The predicted molar refractivity (Wildman–Crippen MR) is 143 cm³/mol. The van der Waals surface area contributed by atoms with Crippen molar-refractivity contribution in [1.82, 2.24) is 15.1 Å². The summed E-state index contributed by atoms with van der Waals surface area (Å²) in [7, 11) is 0. The molecule has 10 nitrogen and oxygen atoms in total. The van der Waals surface area contributed by atoms with Crippen LogP contribution in [0, 0.1) is 11.8 Å². The van der Waals surface area contributed by atoms with Crippen LogP contribution in [-0.4, -0.2) is 95.2 Å². The van der Waals surface area contributed by atoms with E-state index >= 15 is 0 Å². The van der Waals surface area contributed by atoms with Crippen LogP contribution in [0.5, 0.6) is 0 Å². The van der Waals surface area contributed by atoms with E-state index in [1.165, 1.54) is 0 Å². The average molecular weight is 546 g/mol. The Bertz CT molecular complexity index is 982. The molecule has 0 aromatic heterocycles. The van der Waals surface area contributed by atoms with Crippen molar-refractivity contribution in [2.24, 2.45) is 11.8 Å². The highest BCUT2D eigenvalue weighted by Gasteiger charge is 2.71. The summed E-state index contributed by atoms with van der Waals surface area (Å²) in [4.78, 5) is 57.3. The van der Waals surface area contributed by atoms with Crippen LogP contribution in [0.15, 0.2) is 24.3 Å². The Labute approximate surface area is 230 Å². The van der Waals surface area contributed by atoms with E-state index in [1.54, 1.807) is 28.9 Å². The van der Waals surface area contributed by atoms with Gasteiger partial charge in [0.25, 0.3) is 0 Å². The Hall–Kier alpha value is -2.72. The first kappa shape index (κ1) is 29.3. The molecule has 2 fully saturated rings. The summed E-state index contributed by atoms with van der Waals surface area (Å²) in [5.41, 5.74) is -1.29. The number of nitrogens with one attached hydrogen (secondary N) is 1. The number of ether oxygens (including phenoxy) is 2. The number of amides is 3. The fourth-order valence-corrected chi connectivity index (χ4v) is 6.27. The van der Waals surface area contributed by atoms with Crippen LogP contribution < -0.4 is 5.32 Å². The van der Waals surface area contributed by atoms with E-state index in [2.05, 4.69) is 12.2 Å². The molecule has 3 amide bonds. The third-order valence-electron chi connectivity index (χ3n) is 8.21. The molecule has 0 bridgehead atoms. The van der Waals surface area contributed by atoms with Crippen molar-refractivity contribution in [3.8, 4) is 0 Å². The van der Waals surface area contributed by atoms with Gasteiger partial charge in [0.05, 0.1) is 18.6 Å². The van der Waals surface area contributed by atoms with E-state index in [1.807, 2.05) is 12.2 Å². The van der Waals surface area contributed by atoms with Crippen molar-refractivity contribution < 1.29 is 33.8 Å². The van der Waals surface area contributed by atoms with Crippen molar-refractivity contribution in [3.05, 3.63) is 24.3 Å². The highest BCUT2D eigenvalue weighted by molar-refractivity contribution is 5.99. The van der Waals surface area contributed by atoms with Crippen LogP contribution in [0.2, 0.25) is 0 Å². The van der Waals surface area contributed by atoms with Crippen molar-refractivity contribution in [1.29, 1.82) is 0 Å². The van der Waals surface area contributed by atoms with Gasteiger partial charge < -0.3 is 29.7 Å². The minimum Gasteiger partial charge on any atom is -0.460 e. The Morgan fingerprint density at radius 2 is 1.85 bits per heavy atom. The number of cyclic esters (lactones) is 1.